The Balaban J connectivity index is 1.77. The van der Waals surface area contributed by atoms with Crippen molar-refractivity contribution < 1.29 is 9.90 Å². The van der Waals surface area contributed by atoms with Gasteiger partial charge in [-0.15, -0.1) is 0 Å². The first-order valence-corrected chi connectivity index (χ1v) is 6.61. The standard InChI is InChI=1S/C10H18N2O2S/c13-9(14)3-10(6-11-7-10)12-4-8-1-2-15-5-8/h8,11-12H,1-7H2,(H,13,14). The summed E-state index contributed by atoms with van der Waals surface area (Å²) in [6.45, 7) is 2.56. The molecule has 0 aromatic rings. The fraction of sp³-hybridized carbons (Fsp3) is 0.900. The van der Waals surface area contributed by atoms with Crippen LogP contribution in [0.2, 0.25) is 0 Å². The van der Waals surface area contributed by atoms with Crippen LogP contribution < -0.4 is 10.6 Å². The third kappa shape index (κ3) is 2.86. The van der Waals surface area contributed by atoms with Gasteiger partial charge in [0.1, 0.15) is 0 Å². The van der Waals surface area contributed by atoms with E-state index in [0.29, 0.717) is 0 Å². The molecule has 0 radical (unpaired) electrons. The molecule has 15 heavy (non-hydrogen) atoms. The topological polar surface area (TPSA) is 61.4 Å². The molecule has 0 amide bonds. The zero-order valence-electron chi connectivity index (χ0n) is 8.79. The molecule has 4 nitrogen and oxygen atoms in total. The van der Waals surface area contributed by atoms with E-state index in [9.17, 15) is 4.79 Å². The highest BCUT2D eigenvalue weighted by molar-refractivity contribution is 7.99. The molecule has 0 saturated carbocycles. The predicted octanol–water partition coefficient (Wildman–Crippen LogP) is 0.146. The van der Waals surface area contributed by atoms with E-state index >= 15 is 0 Å². The van der Waals surface area contributed by atoms with Crippen LogP contribution in [-0.4, -0.2) is 47.8 Å². The Morgan fingerprint density at radius 1 is 1.60 bits per heavy atom. The molecule has 1 atom stereocenters. The molecule has 0 aromatic carbocycles. The first-order chi connectivity index (χ1) is 7.20. The summed E-state index contributed by atoms with van der Waals surface area (Å²) >= 11 is 2.00. The van der Waals surface area contributed by atoms with Gasteiger partial charge in [0.25, 0.3) is 0 Å². The van der Waals surface area contributed by atoms with Gasteiger partial charge in [-0.3, -0.25) is 4.79 Å². The Hall–Kier alpha value is -0.260. The maximum Gasteiger partial charge on any atom is 0.305 e. The number of hydrogen-bond donors (Lipinski definition) is 3. The fourth-order valence-electron chi connectivity index (χ4n) is 2.13. The summed E-state index contributed by atoms with van der Waals surface area (Å²) in [5.74, 6) is 2.52. The summed E-state index contributed by atoms with van der Waals surface area (Å²) in [5, 5.41) is 15.4. The quantitative estimate of drug-likeness (QED) is 0.627. The lowest BCUT2D eigenvalue weighted by Gasteiger charge is -2.43. The normalized spacial score (nSPS) is 28.7. The summed E-state index contributed by atoms with van der Waals surface area (Å²) in [6, 6.07) is 0. The van der Waals surface area contributed by atoms with Crippen LogP contribution in [0.1, 0.15) is 12.8 Å². The van der Waals surface area contributed by atoms with Gasteiger partial charge >= 0.3 is 5.97 Å². The molecule has 0 aromatic heterocycles. The monoisotopic (exact) mass is 230 g/mol. The van der Waals surface area contributed by atoms with E-state index in [1.807, 2.05) is 11.8 Å². The molecule has 2 fully saturated rings. The zero-order valence-corrected chi connectivity index (χ0v) is 9.61. The third-order valence-electron chi connectivity index (χ3n) is 3.21. The molecule has 0 spiro atoms. The average molecular weight is 230 g/mol. The molecule has 0 aliphatic carbocycles. The second kappa shape index (κ2) is 4.72. The van der Waals surface area contributed by atoms with Crippen molar-refractivity contribution in [3.63, 3.8) is 0 Å². The fourth-order valence-corrected chi connectivity index (χ4v) is 3.42. The summed E-state index contributed by atoms with van der Waals surface area (Å²) in [6.07, 6.45) is 1.51. The maximum absolute atomic E-state index is 10.7. The van der Waals surface area contributed by atoms with E-state index in [0.717, 1.165) is 25.6 Å². The van der Waals surface area contributed by atoms with Crippen LogP contribution in [0.15, 0.2) is 0 Å². The third-order valence-corrected chi connectivity index (χ3v) is 4.44. The van der Waals surface area contributed by atoms with Gasteiger partial charge < -0.3 is 15.7 Å². The van der Waals surface area contributed by atoms with Crippen molar-refractivity contribution >= 4 is 17.7 Å². The number of aliphatic carboxylic acids is 1. The van der Waals surface area contributed by atoms with Crippen molar-refractivity contribution in [2.24, 2.45) is 5.92 Å². The Morgan fingerprint density at radius 3 is 2.87 bits per heavy atom. The second-order valence-electron chi connectivity index (χ2n) is 4.56. The van der Waals surface area contributed by atoms with Gasteiger partial charge in [-0.2, -0.15) is 11.8 Å². The molecule has 2 aliphatic heterocycles. The first kappa shape index (κ1) is 11.2. The van der Waals surface area contributed by atoms with Gasteiger partial charge in [-0.05, 0) is 30.4 Å². The van der Waals surface area contributed by atoms with E-state index in [-0.39, 0.29) is 12.0 Å². The lowest BCUT2D eigenvalue weighted by atomic mass is 9.88. The Bertz CT molecular complexity index is 238. The summed E-state index contributed by atoms with van der Waals surface area (Å²) < 4.78 is 0. The highest BCUT2D eigenvalue weighted by Crippen LogP contribution is 2.24. The van der Waals surface area contributed by atoms with Crippen molar-refractivity contribution in [2.75, 3.05) is 31.1 Å². The van der Waals surface area contributed by atoms with Gasteiger partial charge in [0.15, 0.2) is 0 Å². The van der Waals surface area contributed by atoms with Crippen LogP contribution in [0.5, 0.6) is 0 Å². The van der Waals surface area contributed by atoms with E-state index in [1.54, 1.807) is 0 Å². The van der Waals surface area contributed by atoms with Gasteiger partial charge in [-0.1, -0.05) is 0 Å². The van der Waals surface area contributed by atoms with E-state index in [1.165, 1.54) is 17.9 Å². The van der Waals surface area contributed by atoms with Crippen LogP contribution in [0.25, 0.3) is 0 Å². The molecular weight excluding hydrogens is 212 g/mol. The smallest absolute Gasteiger partial charge is 0.305 e. The molecule has 1 unspecified atom stereocenters. The van der Waals surface area contributed by atoms with Gasteiger partial charge in [0.2, 0.25) is 0 Å². The first-order valence-electron chi connectivity index (χ1n) is 5.45. The van der Waals surface area contributed by atoms with Crippen molar-refractivity contribution in [1.29, 1.82) is 0 Å². The van der Waals surface area contributed by atoms with Gasteiger partial charge in [0, 0.05) is 13.1 Å². The van der Waals surface area contributed by atoms with Crippen LogP contribution in [0.3, 0.4) is 0 Å². The molecule has 2 saturated heterocycles. The Labute approximate surface area is 94.2 Å². The zero-order chi connectivity index (χ0) is 10.7. The van der Waals surface area contributed by atoms with E-state index in [2.05, 4.69) is 10.6 Å². The van der Waals surface area contributed by atoms with Crippen molar-refractivity contribution in [1.82, 2.24) is 10.6 Å². The van der Waals surface area contributed by atoms with Crippen LogP contribution >= 0.6 is 11.8 Å². The average Bonchev–Trinajstić information content (AvgIpc) is 2.61. The second-order valence-corrected chi connectivity index (χ2v) is 5.71. The van der Waals surface area contributed by atoms with Gasteiger partial charge in [-0.25, -0.2) is 0 Å². The number of carboxylic acids is 1. The lowest BCUT2D eigenvalue weighted by molar-refractivity contribution is -0.139. The molecule has 0 bridgehead atoms. The molecule has 5 heteroatoms. The summed E-state index contributed by atoms with van der Waals surface area (Å²) in [5.41, 5.74) is -0.168. The number of nitrogens with one attached hydrogen (secondary N) is 2. The Kier molecular flexibility index (Phi) is 3.53. The number of rotatable bonds is 5. The highest BCUT2D eigenvalue weighted by atomic mass is 32.2. The molecule has 3 N–H and O–H groups in total. The SMILES string of the molecule is O=C(O)CC1(NCC2CCSC2)CNC1. The molecule has 86 valence electrons. The van der Waals surface area contributed by atoms with Crippen molar-refractivity contribution in [2.45, 2.75) is 18.4 Å². The van der Waals surface area contributed by atoms with Crippen molar-refractivity contribution in [3.05, 3.63) is 0 Å². The number of carboxylic acid groups (broad SMARTS) is 1. The molecule has 2 aliphatic rings. The Morgan fingerprint density at radius 2 is 2.40 bits per heavy atom. The summed E-state index contributed by atoms with van der Waals surface area (Å²) in [4.78, 5) is 10.7. The lowest BCUT2D eigenvalue weighted by Crippen LogP contribution is -2.69. The minimum absolute atomic E-state index is 0.168. The highest BCUT2D eigenvalue weighted by Gasteiger charge is 2.39. The van der Waals surface area contributed by atoms with Crippen LogP contribution in [0, 0.1) is 5.92 Å². The molecule has 2 rings (SSSR count). The minimum atomic E-state index is -0.704. The molecular formula is C10H18N2O2S. The predicted molar refractivity (Wildman–Crippen MR) is 61.3 cm³/mol. The molecule has 2 heterocycles. The van der Waals surface area contributed by atoms with Crippen LogP contribution in [0.4, 0.5) is 0 Å². The number of hydrogen-bond acceptors (Lipinski definition) is 4. The van der Waals surface area contributed by atoms with E-state index < -0.39 is 5.97 Å². The number of thioether (sulfide) groups is 1. The minimum Gasteiger partial charge on any atom is -0.481 e. The summed E-state index contributed by atoms with van der Waals surface area (Å²) in [7, 11) is 0. The number of carbonyl (C=O) groups is 1. The largest absolute Gasteiger partial charge is 0.481 e. The maximum atomic E-state index is 10.7. The van der Waals surface area contributed by atoms with Gasteiger partial charge in [0.05, 0.1) is 12.0 Å². The van der Waals surface area contributed by atoms with E-state index in [4.69, 9.17) is 5.11 Å². The van der Waals surface area contributed by atoms with Crippen LogP contribution in [-0.2, 0) is 4.79 Å². The van der Waals surface area contributed by atoms with Crippen molar-refractivity contribution in [3.8, 4) is 0 Å².